The molecule has 0 saturated heterocycles. The molecule has 45 heavy (non-hydrogen) atoms. The van der Waals surface area contributed by atoms with Crippen LogP contribution >= 0.6 is 0 Å². The summed E-state index contributed by atoms with van der Waals surface area (Å²) in [5.41, 5.74) is 12.4. The molecule has 1 heteroatoms. The summed E-state index contributed by atoms with van der Waals surface area (Å²) in [4.78, 5) is 2.42. The van der Waals surface area contributed by atoms with Crippen molar-refractivity contribution in [2.45, 2.75) is 24.7 Å². The van der Waals surface area contributed by atoms with Crippen molar-refractivity contribution in [2.75, 3.05) is 4.90 Å². The SMILES string of the molecule is c1ccc(N(c2ccc(-c3cccc4c3-c3ccccc3C43CC4CCC43)cc2)c2cc3ccccc3c3ccccc23)cc1. The Bertz CT molecular complexity index is 2260. The third-order valence-electron chi connectivity index (χ3n) is 11.3. The van der Waals surface area contributed by atoms with Crippen molar-refractivity contribution in [3.63, 3.8) is 0 Å². The zero-order chi connectivity index (χ0) is 29.5. The molecule has 1 nitrogen and oxygen atoms in total. The second-order valence-electron chi connectivity index (χ2n) is 13.3. The Morgan fingerprint density at radius 3 is 1.96 bits per heavy atom. The Morgan fingerprint density at radius 2 is 1.18 bits per heavy atom. The summed E-state index contributed by atoms with van der Waals surface area (Å²) < 4.78 is 0. The van der Waals surface area contributed by atoms with Gasteiger partial charge >= 0.3 is 0 Å². The number of nitrogens with zero attached hydrogens (tertiary/aromatic N) is 1. The predicted octanol–water partition coefficient (Wildman–Crippen LogP) is 11.8. The quantitative estimate of drug-likeness (QED) is 0.189. The number of para-hydroxylation sites is 1. The van der Waals surface area contributed by atoms with Crippen molar-refractivity contribution in [3.8, 4) is 22.3 Å². The van der Waals surface area contributed by atoms with Gasteiger partial charge in [-0.3, -0.25) is 0 Å². The van der Waals surface area contributed by atoms with E-state index in [0.717, 1.165) is 23.2 Å². The molecule has 0 amide bonds. The van der Waals surface area contributed by atoms with E-state index in [-0.39, 0.29) is 5.41 Å². The molecule has 7 aromatic carbocycles. The van der Waals surface area contributed by atoms with E-state index in [0.29, 0.717) is 0 Å². The smallest absolute Gasteiger partial charge is 0.0546 e. The number of hydrogen-bond acceptors (Lipinski definition) is 1. The molecule has 3 aliphatic carbocycles. The van der Waals surface area contributed by atoms with Crippen molar-refractivity contribution < 1.29 is 0 Å². The van der Waals surface area contributed by atoms with Crippen molar-refractivity contribution in [1.82, 2.24) is 0 Å². The summed E-state index contributed by atoms with van der Waals surface area (Å²) in [5, 5.41) is 5.07. The Balaban J connectivity index is 1.13. The molecule has 0 aliphatic heterocycles. The highest BCUT2D eigenvalue weighted by atomic mass is 15.1. The van der Waals surface area contributed by atoms with Gasteiger partial charge in [0.05, 0.1) is 5.69 Å². The number of anilines is 3. The molecular formula is C44H33N. The highest BCUT2D eigenvalue weighted by Gasteiger charge is 2.62. The second-order valence-corrected chi connectivity index (χ2v) is 13.3. The van der Waals surface area contributed by atoms with Crippen LogP contribution in [0.25, 0.3) is 43.8 Å². The summed E-state index contributed by atoms with van der Waals surface area (Å²) in [5.74, 6) is 1.73. The van der Waals surface area contributed by atoms with Crippen LogP contribution in [0.4, 0.5) is 17.1 Å². The van der Waals surface area contributed by atoms with Gasteiger partial charge in [-0.25, -0.2) is 0 Å². The zero-order valence-corrected chi connectivity index (χ0v) is 25.2. The van der Waals surface area contributed by atoms with E-state index in [1.54, 1.807) is 11.1 Å². The van der Waals surface area contributed by atoms with E-state index < -0.39 is 0 Å². The van der Waals surface area contributed by atoms with Crippen molar-refractivity contribution in [1.29, 1.82) is 0 Å². The predicted molar refractivity (Wildman–Crippen MR) is 189 cm³/mol. The monoisotopic (exact) mass is 575 g/mol. The first-order valence-corrected chi connectivity index (χ1v) is 16.4. The molecule has 3 aliphatic rings. The van der Waals surface area contributed by atoms with Crippen LogP contribution in [0, 0.1) is 11.8 Å². The van der Waals surface area contributed by atoms with Crippen LogP contribution in [0.2, 0.25) is 0 Å². The summed E-state index contributed by atoms with van der Waals surface area (Å²) in [7, 11) is 0. The first-order chi connectivity index (χ1) is 22.3. The number of rotatable bonds is 4. The van der Waals surface area contributed by atoms with Gasteiger partial charge in [0.25, 0.3) is 0 Å². The van der Waals surface area contributed by atoms with Crippen LogP contribution in [0.3, 0.4) is 0 Å². The van der Waals surface area contributed by atoms with Gasteiger partial charge in [-0.15, -0.1) is 0 Å². The molecule has 2 saturated carbocycles. The van der Waals surface area contributed by atoms with Gasteiger partial charge in [0.1, 0.15) is 0 Å². The highest BCUT2D eigenvalue weighted by molar-refractivity contribution is 6.14. The fourth-order valence-electron chi connectivity index (χ4n) is 9.19. The first kappa shape index (κ1) is 25.2. The highest BCUT2D eigenvalue weighted by Crippen LogP contribution is 2.70. The minimum absolute atomic E-state index is 0.228. The third kappa shape index (κ3) is 3.44. The lowest BCUT2D eigenvalue weighted by molar-refractivity contribution is -0.0296. The molecule has 0 radical (unpaired) electrons. The van der Waals surface area contributed by atoms with E-state index in [1.165, 1.54) is 68.7 Å². The lowest BCUT2D eigenvalue weighted by atomic mass is 9.42. The fraction of sp³-hybridized carbons (Fsp3) is 0.136. The molecule has 214 valence electrons. The Hall–Kier alpha value is -5.14. The van der Waals surface area contributed by atoms with Crippen LogP contribution in [0.15, 0.2) is 152 Å². The molecule has 1 spiro atoms. The molecule has 0 heterocycles. The van der Waals surface area contributed by atoms with Gasteiger partial charge in [0.2, 0.25) is 0 Å². The maximum Gasteiger partial charge on any atom is 0.0546 e. The van der Waals surface area contributed by atoms with Crippen LogP contribution in [-0.4, -0.2) is 0 Å². The second kappa shape index (κ2) is 9.43. The summed E-state index contributed by atoms with van der Waals surface area (Å²) in [6, 6.07) is 56.3. The maximum atomic E-state index is 2.43. The van der Waals surface area contributed by atoms with Crippen LogP contribution in [0.5, 0.6) is 0 Å². The molecule has 0 aromatic heterocycles. The standard InChI is InChI=1S/C44H33N/c1-2-12-32(13-3-1)45(42-27-30-11-4-5-14-34(30)36-15-6-7-16-37(36)42)33-24-21-29(22-25-33)35-18-10-20-41-43(35)38-17-8-9-19-40(38)44(41)28-31-23-26-39(31)44/h1-22,24-25,27,31,39H,23,26,28H2. The Morgan fingerprint density at radius 1 is 0.511 bits per heavy atom. The molecule has 3 unspecified atom stereocenters. The lowest BCUT2D eigenvalue weighted by Gasteiger charge is -2.61. The van der Waals surface area contributed by atoms with Gasteiger partial charge in [0, 0.05) is 22.2 Å². The van der Waals surface area contributed by atoms with E-state index in [2.05, 4.69) is 157 Å². The number of hydrogen-bond donors (Lipinski definition) is 0. The topological polar surface area (TPSA) is 3.24 Å². The molecule has 10 rings (SSSR count). The minimum Gasteiger partial charge on any atom is -0.310 e. The van der Waals surface area contributed by atoms with E-state index >= 15 is 0 Å². The minimum atomic E-state index is 0.228. The average molecular weight is 576 g/mol. The van der Waals surface area contributed by atoms with Gasteiger partial charge < -0.3 is 4.90 Å². The Kier molecular flexibility index (Phi) is 5.28. The maximum absolute atomic E-state index is 2.43. The lowest BCUT2D eigenvalue weighted by Crippen LogP contribution is -2.56. The number of benzene rings is 7. The fourth-order valence-corrected chi connectivity index (χ4v) is 9.19. The molecule has 0 bridgehead atoms. The van der Waals surface area contributed by atoms with Crippen LogP contribution in [-0.2, 0) is 5.41 Å². The van der Waals surface area contributed by atoms with Crippen LogP contribution < -0.4 is 4.90 Å². The molecule has 7 aromatic rings. The van der Waals surface area contributed by atoms with Crippen LogP contribution in [0.1, 0.15) is 30.4 Å². The van der Waals surface area contributed by atoms with Crippen molar-refractivity contribution >= 4 is 38.6 Å². The summed E-state index contributed by atoms with van der Waals surface area (Å²) >= 11 is 0. The van der Waals surface area contributed by atoms with Gasteiger partial charge in [-0.05, 0) is 111 Å². The molecular weight excluding hydrogens is 542 g/mol. The van der Waals surface area contributed by atoms with Gasteiger partial charge in [-0.2, -0.15) is 0 Å². The zero-order valence-electron chi connectivity index (χ0n) is 25.2. The average Bonchev–Trinajstić information content (AvgIpc) is 3.39. The molecule has 2 fully saturated rings. The first-order valence-electron chi connectivity index (χ1n) is 16.4. The van der Waals surface area contributed by atoms with Crippen molar-refractivity contribution in [2.24, 2.45) is 11.8 Å². The van der Waals surface area contributed by atoms with Crippen molar-refractivity contribution in [3.05, 3.63) is 163 Å². The van der Waals surface area contributed by atoms with E-state index in [9.17, 15) is 0 Å². The summed E-state index contributed by atoms with van der Waals surface area (Å²) in [6.45, 7) is 0. The number of fused-ring (bicyclic) bond motifs is 10. The van der Waals surface area contributed by atoms with Gasteiger partial charge in [-0.1, -0.05) is 121 Å². The summed E-state index contributed by atoms with van der Waals surface area (Å²) in [6.07, 6.45) is 4.10. The molecule has 0 N–H and O–H groups in total. The third-order valence-corrected chi connectivity index (χ3v) is 11.3. The molecule has 3 atom stereocenters. The largest absolute Gasteiger partial charge is 0.310 e. The van der Waals surface area contributed by atoms with Gasteiger partial charge in [0.15, 0.2) is 0 Å². The Labute approximate surface area is 264 Å². The normalized spacial score (nSPS) is 20.7. The van der Waals surface area contributed by atoms with E-state index in [1.807, 2.05) is 0 Å². The van der Waals surface area contributed by atoms with E-state index in [4.69, 9.17) is 0 Å².